The van der Waals surface area contributed by atoms with E-state index >= 15 is 0 Å². The average Bonchev–Trinajstić information content (AvgIpc) is 2.81. The van der Waals surface area contributed by atoms with Gasteiger partial charge in [0.15, 0.2) is 0 Å². The minimum Gasteiger partial charge on any atom is -0.348 e. The van der Waals surface area contributed by atoms with Crippen molar-refractivity contribution in [3.05, 3.63) is 22.4 Å². The maximum Gasteiger partial charge on any atom is 0.234 e. The molecule has 4 heteroatoms. The summed E-state index contributed by atoms with van der Waals surface area (Å²) in [6.45, 7) is 6.97. The Balaban J connectivity index is 1.78. The minimum absolute atomic E-state index is 0.125. The van der Waals surface area contributed by atoms with E-state index in [1.807, 2.05) is 18.4 Å². The number of likely N-dealkylation sites (tertiary alicyclic amines) is 1. The van der Waals surface area contributed by atoms with E-state index in [0.717, 1.165) is 19.0 Å². The largest absolute Gasteiger partial charge is 0.348 e. The molecule has 2 atom stereocenters. The van der Waals surface area contributed by atoms with Crippen molar-refractivity contribution in [2.75, 3.05) is 19.6 Å². The average molecular weight is 266 g/mol. The van der Waals surface area contributed by atoms with E-state index in [0.29, 0.717) is 6.54 Å². The zero-order valence-corrected chi connectivity index (χ0v) is 12.0. The number of piperidine rings is 1. The van der Waals surface area contributed by atoms with Gasteiger partial charge in [-0.15, -0.1) is 11.3 Å². The van der Waals surface area contributed by atoms with E-state index in [-0.39, 0.29) is 11.9 Å². The van der Waals surface area contributed by atoms with Crippen molar-refractivity contribution in [3.63, 3.8) is 0 Å². The van der Waals surface area contributed by atoms with Gasteiger partial charge in [0, 0.05) is 11.4 Å². The molecule has 1 amide bonds. The Labute approximate surface area is 113 Å². The molecule has 0 bridgehead atoms. The molecule has 0 radical (unpaired) electrons. The molecule has 2 heterocycles. The van der Waals surface area contributed by atoms with Crippen LogP contribution in [0.4, 0.5) is 0 Å². The summed E-state index contributed by atoms with van der Waals surface area (Å²) in [4.78, 5) is 15.5. The van der Waals surface area contributed by atoms with Crippen LogP contribution in [0, 0.1) is 5.92 Å². The lowest BCUT2D eigenvalue weighted by atomic mass is 10.0. The van der Waals surface area contributed by atoms with Crippen LogP contribution in [0.3, 0.4) is 0 Å². The van der Waals surface area contributed by atoms with Crippen molar-refractivity contribution in [2.45, 2.75) is 32.7 Å². The predicted octanol–water partition coefficient (Wildman–Crippen LogP) is 2.66. The van der Waals surface area contributed by atoms with E-state index in [1.165, 1.54) is 17.7 Å². The monoisotopic (exact) mass is 266 g/mol. The summed E-state index contributed by atoms with van der Waals surface area (Å²) < 4.78 is 0. The van der Waals surface area contributed by atoms with Crippen molar-refractivity contribution in [1.29, 1.82) is 0 Å². The zero-order valence-electron chi connectivity index (χ0n) is 11.2. The van der Waals surface area contributed by atoms with Crippen LogP contribution in [0.2, 0.25) is 0 Å². The molecule has 3 nitrogen and oxygen atoms in total. The maximum absolute atomic E-state index is 12.0. The highest BCUT2D eigenvalue weighted by Crippen LogP contribution is 2.18. The van der Waals surface area contributed by atoms with Gasteiger partial charge in [-0.3, -0.25) is 9.69 Å². The summed E-state index contributed by atoms with van der Waals surface area (Å²) in [5, 5.41) is 5.12. The molecule has 0 saturated carbocycles. The molecule has 1 aromatic rings. The van der Waals surface area contributed by atoms with Gasteiger partial charge in [0.25, 0.3) is 0 Å². The van der Waals surface area contributed by atoms with Crippen molar-refractivity contribution in [2.24, 2.45) is 5.92 Å². The fraction of sp³-hybridized carbons (Fsp3) is 0.643. The van der Waals surface area contributed by atoms with Gasteiger partial charge in [0.05, 0.1) is 12.6 Å². The van der Waals surface area contributed by atoms with E-state index in [2.05, 4.69) is 23.2 Å². The normalized spacial score (nSPS) is 22.7. The molecule has 1 fully saturated rings. The van der Waals surface area contributed by atoms with Crippen LogP contribution in [-0.2, 0) is 4.79 Å². The van der Waals surface area contributed by atoms with Crippen molar-refractivity contribution in [3.8, 4) is 0 Å². The number of thiophene rings is 1. The lowest BCUT2D eigenvalue weighted by Gasteiger charge is -2.30. The van der Waals surface area contributed by atoms with Crippen LogP contribution in [0.5, 0.6) is 0 Å². The van der Waals surface area contributed by atoms with Gasteiger partial charge < -0.3 is 5.32 Å². The third kappa shape index (κ3) is 3.82. The standard InChI is InChI=1S/C14H22N2OS/c1-11-5-3-7-16(9-11)10-14(17)15-12(2)13-6-4-8-18-13/h4,6,8,11-12H,3,5,7,9-10H2,1-2H3,(H,15,17). The number of nitrogens with one attached hydrogen (secondary N) is 1. The van der Waals surface area contributed by atoms with Gasteiger partial charge in [0.2, 0.25) is 5.91 Å². The lowest BCUT2D eigenvalue weighted by Crippen LogP contribution is -2.42. The van der Waals surface area contributed by atoms with Crippen LogP contribution >= 0.6 is 11.3 Å². The second kappa shape index (κ2) is 6.34. The fourth-order valence-electron chi connectivity index (χ4n) is 2.53. The molecule has 18 heavy (non-hydrogen) atoms. The number of rotatable bonds is 4. The molecule has 2 unspecified atom stereocenters. The molecule has 1 N–H and O–H groups in total. The molecule has 0 spiro atoms. The van der Waals surface area contributed by atoms with Gasteiger partial charge in [0.1, 0.15) is 0 Å². The highest BCUT2D eigenvalue weighted by atomic mass is 32.1. The topological polar surface area (TPSA) is 32.3 Å². The van der Waals surface area contributed by atoms with Crippen LogP contribution in [0.1, 0.15) is 37.6 Å². The van der Waals surface area contributed by atoms with Gasteiger partial charge in [-0.05, 0) is 43.7 Å². The smallest absolute Gasteiger partial charge is 0.234 e. The first-order valence-electron chi connectivity index (χ1n) is 6.70. The first-order valence-corrected chi connectivity index (χ1v) is 7.58. The number of nitrogens with zero attached hydrogens (tertiary/aromatic N) is 1. The first kappa shape index (κ1) is 13.6. The Morgan fingerprint density at radius 1 is 1.67 bits per heavy atom. The zero-order chi connectivity index (χ0) is 13.0. The fourth-order valence-corrected chi connectivity index (χ4v) is 3.26. The lowest BCUT2D eigenvalue weighted by molar-refractivity contribution is -0.123. The van der Waals surface area contributed by atoms with E-state index in [1.54, 1.807) is 11.3 Å². The molecular weight excluding hydrogens is 244 g/mol. The number of hydrogen-bond acceptors (Lipinski definition) is 3. The van der Waals surface area contributed by atoms with Crippen molar-refractivity contribution >= 4 is 17.2 Å². The Hall–Kier alpha value is -0.870. The van der Waals surface area contributed by atoms with Gasteiger partial charge in [-0.1, -0.05) is 13.0 Å². The molecule has 1 aliphatic rings. The number of hydrogen-bond donors (Lipinski definition) is 1. The number of carbonyl (C=O) groups excluding carboxylic acids is 1. The number of amides is 1. The Bertz CT molecular complexity index is 377. The van der Waals surface area contributed by atoms with Gasteiger partial charge in [-0.2, -0.15) is 0 Å². The van der Waals surface area contributed by atoms with Crippen LogP contribution in [0.15, 0.2) is 17.5 Å². The van der Waals surface area contributed by atoms with E-state index in [9.17, 15) is 4.79 Å². The molecule has 2 rings (SSSR count). The molecule has 0 aliphatic carbocycles. The quantitative estimate of drug-likeness (QED) is 0.908. The molecule has 100 valence electrons. The summed E-state index contributed by atoms with van der Waals surface area (Å²) in [6.07, 6.45) is 2.51. The Morgan fingerprint density at radius 3 is 3.17 bits per heavy atom. The van der Waals surface area contributed by atoms with E-state index < -0.39 is 0 Å². The van der Waals surface area contributed by atoms with Gasteiger partial charge in [-0.25, -0.2) is 0 Å². The molecule has 1 aromatic heterocycles. The first-order chi connectivity index (χ1) is 8.65. The SMILES string of the molecule is CC1CCCN(CC(=O)NC(C)c2cccs2)C1. The van der Waals surface area contributed by atoms with E-state index in [4.69, 9.17) is 0 Å². The second-order valence-electron chi connectivity index (χ2n) is 5.29. The predicted molar refractivity (Wildman–Crippen MR) is 75.7 cm³/mol. The van der Waals surface area contributed by atoms with Crippen molar-refractivity contribution < 1.29 is 4.79 Å². The third-order valence-corrected chi connectivity index (χ3v) is 4.51. The molecule has 1 aliphatic heterocycles. The Kier molecular flexibility index (Phi) is 4.78. The summed E-state index contributed by atoms with van der Waals surface area (Å²) >= 11 is 1.69. The summed E-state index contributed by atoms with van der Waals surface area (Å²) in [5.74, 6) is 0.867. The van der Waals surface area contributed by atoms with Crippen molar-refractivity contribution in [1.82, 2.24) is 10.2 Å². The van der Waals surface area contributed by atoms with Crippen LogP contribution in [-0.4, -0.2) is 30.4 Å². The maximum atomic E-state index is 12.0. The Morgan fingerprint density at radius 2 is 2.50 bits per heavy atom. The second-order valence-corrected chi connectivity index (χ2v) is 6.27. The molecule has 1 saturated heterocycles. The van der Waals surface area contributed by atoms with Crippen LogP contribution in [0.25, 0.3) is 0 Å². The summed E-state index contributed by atoms with van der Waals surface area (Å²) in [6, 6.07) is 4.22. The highest BCUT2D eigenvalue weighted by Gasteiger charge is 2.19. The van der Waals surface area contributed by atoms with Crippen LogP contribution < -0.4 is 5.32 Å². The molecular formula is C14H22N2OS. The summed E-state index contributed by atoms with van der Waals surface area (Å²) in [5.41, 5.74) is 0. The van der Waals surface area contributed by atoms with Gasteiger partial charge >= 0.3 is 0 Å². The third-order valence-electron chi connectivity index (χ3n) is 3.46. The minimum atomic E-state index is 0.125. The number of carbonyl (C=O) groups is 1. The highest BCUT2D eigenvalue weighted by molar-refractivity contribution is 7.10. The summed E-state index contributed by atoms with van der Waals surface area (Å²) in [7, 11) is 0. The molecule has 0 aromatic carbocycles.